The highest BCUT2D eigenvalue weighted by atomic mass is 32.2. The maximum atomic E-state index is 13.4. The number of nitrogens with zero attached hydrogens (tertiary/aromatic N) is 1. The van der Waals surface area contributed by atoms with Gasteiger partial charge in [0, 0.05) is 12.6 Å². The van der Waals surface area contributed by atoms with Gasteiger partial charge in [-0.1, -0.05) is 12.5 Å². The smallest absolute Gasteiger partial charge is 0.304 e. The number of piperidine rings is 1. The predicted molar refractivity (Wildman–Crippen MR) is 74.9 cm³/mol. The summed E-state index contributed by atoms with van der Waals surface area (Å²) in [7, 11) is -3.88. The molecule has 1 saturated heterocycles. The van der Waals surface area contributed by atoms with Gasteiger partial charge in [0.25, 0.3) is 0 Å². The third-order valence-electron chi connectivity index (χ3n) is 3.72. The van der Waals surface area contributed by atoms with Crippen LogP contribution in [0.1, 0.15) is 31.2 Å². The number of benzene rings is 1. The van der Waals surface area contributed by atoms with Gasteiger partial charge in [-0.05, 0) is 37.5 Å². The number of halogens is 1. The maximum absolute atomic E-state index is 13.4. The van der Waals surface area contributed by atoms with E-state index in [4.69, 9.17) is 5.11 Å². The highest BCUT2D eigenvalue weighted by Gasteiger charge is 2.35. The van der Waals surface area contributed by atoms with Crippen LogP contribution < -0.4 is 0 Å². The normalized spacial score (nSPS) is 20.4. The van der Waals surface area contributed by atoms with E-state index in [2.05, 4.69) is 0 Å². The van der Waals surface area contributed by atoms with Crippen molar-refractivity contribution >= 4 is 16.0 Å². The molecule has 1 aromatic rings. The highest BCUT2D eigenvalue weighted by molar-refractivity contribution is 7.89. The van der Waals surface area contributed by atoms with Crippen LogP contribution in [0.3, 0.4) is 0 Å². The first-order valence-electron chi connectivity index (χ1n) is 6.82. The lowest BCUT2D eigenvalue weighted by molar-refractivity contribution is -0.138. The molecule has 0 spiro atoms. The summed E-state index contributed by atoms with van der Waals surface area (Å²) in [6.07, 6.45) is 1.77. The maximum Gasteiger partial charge on any atom is 0.304 e. The SMILES string of the molecule is Cc1ccc(F)cc1S(=O)(=O)N1CCCCC1CC(=O)O. The highest BCUT2D eigenvalue weighted by Crippen LogP contribution is 2.29. The van der Waals surface area contributed by atoms with Crippen LogP contribution in [0.5, 0.6) is 0 Å². The number of carboxylic acid groups (broad SMARTS) is 1. The second kappa shape index (κ2) is 6.11. The van der Waals surface area contributed by atoms with Gasteiger partial charge in [0.1, 0.15) is 5.82 Å². The fourth-order valence-electron chi connectivity index (χ4n) is 2.67. The molecule has 1 aromatic carbocycles. The second-order valence-corrected chi connectivity index (χ2v) is 7.13. The fourth-order valence-corrected chi connectivity index (χ4v) is 4.61. The van der Waals surface area contributed by atoms with Gasteiger partial charge in [-0.15, -0.1) is 0 Å². The first kappa shape index (κ1) is 15.9. The standard InChI is InChI=1S/C14H18FNO4S/c1-10-5-6-11(15)8-13(10)21(19,20)16-7-3-2-4-12(16)9-14(17)18/h5-6,8,12H,2-4,7,9H2,1H3,(H,17,18). The minimum Gasteiger partial charge on any atom is -0.481 e. The van der Waals surface area contributed by atoms with Gasteiger partial charge in [0.2, 0.25) is 10.0 Å². The molecular weight excluding hydrogens is 297 g/mol. The molecule has 1 N–H and O–H groups in total. The molecule has 1 heterocycles. The summed E-state index contributed by atoms with van der Waals surface area (Å²) >= 11 is 0. The number of aliphatic carboxylic acids is 1. The Morgan fingerprint density at radius 2 is 2.14 bits per heavy atom. The van der Waals surface area contributed by atoms with E-state index in [1.165, 1.54) is 16.4 Å². The van der Waals surface area contributed by atoms with Crippen LogP contribution in [0.2, 0.25) is 0 Å². The number of hydrogen-bond donors (Lipinski definition) is 1. The third kappa shape index (κ3) is 3.41. The number of sulfonamides is 1. The first-order valence-corrected chi connectivity index (χ1v) is 8.26. The van der Waals surface area contributed by atoms with E-state index in [0.717, 1.165) is 12.5 Å². The van der Waals surface area contributed by atoms with Crippen LogP contribution in [0.4, 0.5) is 4.39 Å². The Kier molecular flexibility index (Phi) is 4.63. The van der Waals surface area contributed by atoms with Gasteiger partial charge in [-0.3, -0.25) is 4.79 Å². The number of rotatable bonds is 4. The van der Waals surface area contributed by atoms with Crippen molar-refractivity contribution in [1.29, 1.82) is 0 Å². The quantitative estimate of drug-likeness (QED) is 0.924. The molecule has 0 bridgehead atoms. The van der Waals surface area contributed by atoms with Crippen molar-refractivity contribution in [2.75, 3.05) is 6.54 Å². The Labute approximate surface area is 123 Å². The number of aryl methyl sites for hydroxylation is 1. The van der Waals surface area contributed by atoms with Crippen molar-refractivity contribution in [3.05, 3.63) is 29.6 Å². The Hall–Kier alpha value is -1.47. The molecule has 5 nitrogen and oxygen atoms in total. The molecule has 1 aliphatic heterocycles. The van der Waals surface area contributed by atoms with Crippen molar-refractivity contribution in [2.24, 2.45) is 0 Å². The van der Waals surface area contributed by atoms with E-state index in [1.807, 2.05) is 0 Å². The predicted octanol–water partition coefficient (Wildman–Crippen LogP) is 2.15. The Morgan fingerprint density at radius 1 is 1.43 bits per heavy atom. The van der Waals surface area contributed by atoms with Crippen LogP contribution in [-0.4, -0.2) is 36.4 Å². The van der Waals surface area contributed by atoms with Crippen molar-refractivity contribution in [3.8, 4) is 0 Å². The first-order chi connectivity index (χ1) is 9.82. The molecule has 1 fully saturated rings. The summed E-state index contributed by atoms with van der Waals surface area (Å²) in [5, 5.41) is 8.94. The van der Waals surface area contributed by atoms with Crippen molar-refractivity contribution in [3.63, 3.8) is 0 Å². The summed E-state index contributed by atoms with van der Waals surface area (Å²) in [5.41, 5.74) is 0.455. The van der Waals surface area contributed by atoms with E-state index in [9.17, 15) is 17.6 Å². The van der Waals surface area contributed by atoms with Gasteiger partial charge in [-0.2, -0.15) is 4.31 Å². The zero-order chi connectivity index (χ0) is 15.6. The summed E-state index contributed by atoms with van der Waals surface area (Å²) in [6.45, 7) is 1.87. The zero-order valence-corrected chi connectivity index (χ0v) is 12.6. The van der Waals surface area contributed by atoms with E-state index in [0.29, 0.717) is 18.4 Å². The molecule has 0 aromatic heterocycles. The van der Waals surface area contributed by atoms with Crippen LogP contribution >= 0.6 is 0 Å². The van der Waals surface area contributed by atoms with Gasteiger partial charge in [0.15, 0.2) is 0 Å². The van der Waals surface area contributed by atoms with Crippen molar-refractivity contribution < 1.29 is 22.7 Å². The van der Waals surface area contributed by atoms with Crippen LogP contribution in [-0.2, 0) is 14.8 Å². The van der Waals surface area contributed by atoms with Gasteiger partial charge >= 0.3 is 5.97 Å². The molecule has 21 heavy (non-hydrogen) atoms. The summed E-state index contributed by atoms with van der Waals surface area (Å²) in [4.78, 5) is 10.8. The Bertz CT molecular complexity index is 644. The van der Waals surface area contributed by atoms with Gasteiger partial charge in [0.05, 0.1) is 11.3 Å². The Balaban J connectivity index is 2.40. The average molecular weight is 315 g/mol. The number of carbonyl (C=O) groups is 1. The third-order valence-corrected chi connectivity index (χ3v) is 5.81. The fraction of sp³-hybridized carbons (Fsp3) is 0.500. The van der Waals surface area contributed by atoms with Crippen molar-refractivity contribution in [1.82, 2.24) is 4.31 Å². The van der Waals surface area contributed by atoms with E-state index in [1.54, 1.807) is 6.92 Å². The summed E-state index contributed by atoms with van der Waals surface area (Å²) < 4.78 is 40.0. The molecule has 1 unspecified atom stereocenters. The molecule has 0 radical (unpaired) electrons. The van der Waals surface area contributed by atoms with E-state index < -0.39 is 27.9 Å². The molecule has 0 amide bonds. The van der Waals surface area contributed by atoms with Crippen LogP contribution in [0, 0.1) is 12.7 Å². The zero-order valence-electron chi connectivity index (χ0n) is 11.8. The molecule has 0 saturated carbocycles. The minimum atomic E-state index is -3.88. The topological polar surface area (TPSA) is 74.7 Å². The monoisotopic (exact) mass is 315 g/mol. The largest absolute Gasteiger partial charge is 0.481 e. The lowest BCUT2D eigenvalue weighted by atomic mass is 10.0. The lowest BCUT2D eigenvalue weighted by Gasteiger charge is -2.34. The molecule has 1 atom stereocenters. The molecule has 116 valence electrons. The Morgan fingerprint density at radius 3 is 2.81 bits per heavy atom. The van der Waals surface area contributed by atoms with Gasteiger partial charge in [-0.25, -0.2) is 12.8 Å². The van der Waals surface area contributed by atoms with Crippen LogP contribution in [0.15, 0.2) is 23.1 Å². The van der Waals surface area contributed by atoms with Crippen LogP contribution in [0.25, 0.3) is 0 Å². The van der Waals surface area contributed by atoms with Crippen molar-refractivity contribution in [2.45, 2.75) is 43.5 Å². The lowest BCUT2D eigenvalue weighted by Crippen LogP contribution is -2.44. The molecule has 2 rings (SSSR count). The number of carboxylic acids is 1. The summed E-state index contributed by atoms with van der Waals surface area (Å²) in [6, 6.07) is 3.05. The molecule has 7 heteroatoms. The number of hydrogen-bond acceptors (Lipinski definition) is 3. The minimum absolute atomic E-state index is 0.0835. The van der Waals surface area contributed by atoms with E-state index >= 15 is 0 Å². The molecule has 1 aliphatic rings. The summed E-state index contributed by atoms with van der Waals surface area (Å²) in [5.74, 6) is -1.65. The van der Waals surface area contributed by atoms with E-state index in [-0.39, 0.29) is 17.9 Å². The average Bonchev–Trinajstić information content (AvgIpc) is 2.41. The second-order valence-electron chi connectivity index (χ2n) is 5.27. The molecule has 0 aliphatic carbocycles. The molecular formula is C14H18FNO4S. The van der Waals surface area contributed by atoms with Gasteiger partial charge < -0.3 is 5.11 Å².